The van der Waals surface area contributed by atoms with E-state index in [1.54, 1.807) is 32.3 Å². The second-order valence-electron chi connectivity index (χ2n) is 3.38. The van der Waals surface area contributed by atoms with Crippen molar-refractivity contribution in [2.75, 3.05) is 12.4 Å². The highest BCUT2D eigenvalue weighted by atomic mass is 35.5. The van der Waals surface area contributed by atoms with Crippen LogP contribution in [-0.2, 0) is 0 Å². The largest absolute Gasteiger partial charge is 0.371 e. The summed E-state index contributed by atoms with van der Waals surface area (Å²) in [5.74, 6) is -0.0311. The van der Waals surface area contributed by atoms with Crippen LogP contribution in [0.15, 0.2) is 18.3 Å². The lowest BCUT2D eigenvalue weighted by atomic mass is 10.3. The molecule has 2 aromatic rings. The Bertz CT molecular complexity index is 559. The molecule has 88 valence electrons. The number of anilines is 1. The van der Waals surface area contributed by atoms with E-state index in [2.05, 4.69) is 20.3 Å². The molecule has 6 heteroatoms. The van der Waals surface area contributed by atoms with Gasteiger partial charge in [-0.15, -0.1) is 0 Å². The third-order valence-electron chi connectivity index (χ3n) is 2.22. The van der Waals surface area contributed by atoms with E-state index in [4.69, 9.17) is 11.6 Å². The van der Waals surface area contributed by atoms with Crippen LogP contribution in [0.3, 0.4) is 0 Å². The highest BCUT2D eigenvalue weighted by Gasteiger charge is 2.14. The summed E-state index contributed by atoms with van der Waals surface area (Å²) in [6.45, 7) is 1.57. The van der Waals surface area contributed by atoms with Gasteiger partial charge in [-0.05, 0) is 19.1 Å². The minimum absolute atomic E-state index is 0.134. The number of hydrogen-bond donors (Lipinski definition) is 1. The fourth-order valence-corrected chi connectivity index (χ4v) is 1.59. The van der Waals surface area contributed by atoms with Gasteiger partial charge in [-0.25, -0.2) is 14.4 Å². The molecule has 17 heavy (non-hydrogen) atoms. The molecule has 0 unspecified atom stereocenters. The van der Waals surface area contributed by atoms with Crippen molar-refractivity contribution < 1.29 is 4.39 Å². The highest BCUT2D eigenvalue weighted by molar-refractivity contribution is 6.32. The maximum Gasteiger partial charge on any atom is 0.186 e. The van der Waals surface area contributed by atoms with Crippen LogP contribution >= 0.6 is 11.6 Å². The van der Waals surface area contributed by atoms with Crippen molar-refractivity contribution in [2.24, 2.45) is 0 Å². The fraction of sp³-hybridized carbons (Fsp3) is 0.182. The molecule has 2 heterocycles. The molecule has 1 N–H and O–H groups in total. The number of nitrogens with zero attached hydrogens (tertiary/aromatic N) is 3. The zero-order valence-corrected chi connectivity index (χ0v) is 10.1. The van der Waals surface area contributed by atoms with Gasteiger partial charge in [0.05, 0.1) is 10.7 Å². The van der Waals surface area contributed by atoms with E-state index < -0.39 is 5.82 Å². The van der Waals surface area contributed by atoms with Gasteiger partial charge in [-0.2, -0.15) is 0 Å². The van der Waals surface area contributed by atoms with Gasteiger partial charge in [-0.1, -0.05) is 11.6 Å². The van der Waals surface area contributed by atoms with Crippen molar-refractivity contribution >= 4 is 17.4 Å². The van der Waals surface area contributed by atoms with Crippen LogP contribution in [-0.4, -0.2) is 22.0 Å². The Morgan fingerprint density at radius 1 is 1.35 bits per heavy atom. The Hall–Kier alpha value is -1.75. The Balaban J connectivity index is 2.61. The number of nitrogens with one attached hydrogen (secondary N) is 1. The van der Waals surface area contributed by atoms with Crippen LogP contribution in [0, 0.1) is 12.7 Å². The van der Waals surface area contributed by atoms with Gasteiger partial charge in [0.2, 0.25) is 0 Å². The van der Waals surface area contributed by atoms with Gasteiger partial charge in [-0.3, -0.25) is 4.98 Å². The molecule has 0 saturated heterocycles. The Labute approximate surface area is 103 Å². The number of halogens is 2. The molecule has 2 aromatic heterocycles. The van der Waals surface area contributed by atoms with E-state index >= 15 is 0 Å². The normalized spacial score (nSPS) is 10.4. The van der Waals surface area contributed by atoms with E-state index in [1.807, 2.05) is 0 Å². The van der Waals surface area contributed by atoms with E-state index in [1.165, 1.54) is 0 Å². The number of aryl methyl sites for hydroxylation is 1. The molecule has 0 radical (unpaired) electrons. The molecule has 0 spiro atoms. The minimum Gasteiger partial charge on any atom is -0.371 e. The fourth-order valence-electron chi connectivity index (χ4n) is 1.38. The van der Waals surface area contributed by atoms with Gasteiger partial charge in [0.1, 0.15) is 5.69 Å². The van der Waals surface area contributed by atoms with Crippen molar-refractivity contribution in [3.63, 3.8) is 0 Å². The van der Waals surface area contributed by atoms with Crippen LogP contribution in [0.5, 0.6) is 0 Å². The average molecular weight is 253 g/mol. The molecule has 4 nitrogen and oxygen atoms in total. The van der Waals surface area contributed by atoms with Crippen LogP contribution in [0.2, 0.25) is 5.02 Å². The summed E-state index contributed by atoms with van der Waals surface area (Å²) < 4.78 is 13.6. The van der Waals surface area contributed by atoms with Crippen LogP contribution in [0.25, 0.3) is 11.5 Å². The van der Waals surface area contributed by atoms with Crippen LogP contribution < -0.4 is 5.32 Å². The summed E-state index contributed by atoms with van der Waals surface area (Å²) in [5, 5.41) is 3.10. The zero-order valence-electron chi connectivity index (χ0n) is 9.33. The Morgan fingerprint density at radius 3 is 2.76 bits per heavy atom. The van der Waals surface area contributed by atoms with E-state index in [-0.39, 0.29) is 11.5 Å². The van der Waals surface area contributed by atoms with E-state index in [0.717, 1.165) is 0 Å². The predicted octanol–water partition coefficient (Wildman–Crippen LogP) is 2.68. The zero-order chi connectivity index (χ0) is 12.4. The van der Waals surface area contributed by atoms with Crippen molar-refractivity contribution in [1.82, 2.24) is 15.0 Å². The molecule has 0 fully saturated rings. The molecule has 0 saturated carbocycles. The number of pyridine rings is 1. The van der Waals surface area contributed by atoms with Crippen molar-refractivity contribution in [3.05, 3.63) is 34.9 Å². The molecule has 0 atom stereocenters. The van der Waals surface area contributed by atoms with Gasteiger partial charge >= 0.3 is 0 Å². The van der Waals surface area contributed by atoms with Crippen molar-refractivity contribution in [1.29, 1.82) is 0 Å². The Kier molecular flexibility index (Phi) is 3.19. The lowest BCUT2D eigenvalue weighted by molar-refractivity contribution is 0.607. The number of aromatic nitrogens is 3. The maximum absolute atomic E-state index is 13.6. The van der Waals surface area contributed by atoms with Gasteiger partial charge in [0, 0.05) is 13.2 Å². The lowest BCUT2D eigenvalue weighted by Gasteiger charge is -2.07. The molecule has 0 bridgehead atoms. The minimum atomic E-state index is -0.469. The predicted molar refractivity (Wildman–Crippen MR) is 64.5 cm³/mol. The maximum atomic E-state index is 13.6. The lowest BCUT2D eigenvalue weighted by Crippen LogP contribution is -2.04. The number of hydrogen-bond acceptors (Lipinski definition) is 4. The summed E-state index contributed by atoms with van der Waals surface area (Å²) in [4.78, 5) is 12.2. The van der Waals surface area contributed by atoms with Gasteiger partial charge in [0.15, 0.2) is 17.5 Å². The smallest absolute Gasteiger partial charge is 0.186 e. The quantitative estimate of drug-likeness (QED) is 0.893. The van der Waals surface area contributed by atoms with Crippen LogP contribution in [0.4, 0.5) is 10.2 Å². The van der Waals surface area contributed by atoms with Crippen molar-refractivity contribution in [2.45, 2.75) is 6.92 Å². The van der Waals surface area contributed by atoms with Crippen LogP contribution in [0.1, 0.15) is 5.69 Å². The SMILES string of the molecule is CNc1nc(-c2ncccc2Cl)nc(C)c1F. The number of rotatable bonds is 2. The topological polar surface area (TPSA) is 50.7 Å². The summed E-state index contributed by atoms with van der Waals surface area (Å²) in [7, 11) is 1.59. The molecule has 0 aliphatic carbocycles. The Morgan fingerprint density at radius 2 is 2.12 bits per heavy atom. The first-order valence-corrected chi connectivity index (χ1v) is 5.34. The summed E-state index contributed by atoms with van der Waals surface area (Å²) in [6.07, 6.45) is 1.59. The van der Waals surface area contributed by atoms with Crippen molar-refractivity contribution in [3.8, 4) is 11.5 Å². The standard InChI is InChI=1S/C11H10ClFN4/c1-6-8(13)10(14-2)17-11(16-6)9-7(12)4-3-5-15-9/h3-5H,1-2H3,(H,14,16,17). The first kappa shape index (κ1) is 11.7. The highest BCUT2D eigenvalue weighted by Crippen LogP contribution is 2.24. The summed E-state index contributed by atoms with van der Waals surface area (Å²) in [5.41, 5.74) is 0.690. The summed E-state index contributed by atoms with van der Waals surface area (Å²) in [6, 6.07) is 3.40. The average Bonchev–Trinajstić information content (AvgIpc) is 2.33. The first-order valence-electron chi connectivity index (χ1n) is 4.96. The van der Waals surface area contributed by atoms with E-state index in [9.17, 15) is 4.39 Å². The second-order valence-corrected chi connectivity index (χ2v) is 3.79. The monoisotopic (exact) mass is 252 g/mol. The molecule has 2 rings (SSSR count). The van der Waals surface area contributed by atoms with Gasteiger partial charge in [0.25, 0.3) is 0 Å². The molecule has 0 aliphatic rings. The molecule has 0 aromatic carbocycles. The second kappa shape index (κ2) is 4.63. The molecular formula is C11H10ClFN4. The molecular weight excluding hydrogens is 243 g/mol. The third kappa shape index (κ3) is 2.19. The van der Waals surface area contributed by atoms with Gasteiger partial charge < -0.3 is 5.32 Å². The first-order chi connectivity index (χ1) is 8.13. The summed E-state index contributed by atoms with van der Waals surface area (Å²) >= 11 is 5.99. The third-order valence-corrected chi connectivity index (χ3v) is 2.53. The molecule has 0 aliphatic heterocycles. The van der Waals surface area contributed by atoms with E-state index in [0.29, 0.717) is 16.5 Å². The molecule has 0 amide bonds.